The number of ketones is 3. The van der Waals surface area contributed by atoms with E-state index in [1.165, 1.54) is 10.8 Å². The van der Waals surface area contributed by atoms with E-state index in [1.807, 2.05) is 0 Å². The van der Waals surface area contributed by atoms with E-state index in [0.717, 1.165) is 10.8 Å². The van der Waals surface area contributed by atoms with Crippen LogP contribution in [0.1, 0.15) is 0 Å². The second-order valence-corrected chi connectivity index (χ2v) is 5.61. The molecule has 0 unspecified atom stereocenters. The molecule has 4 nitrogen and oxygen atoms in total. The van der Waals surface area contributed by atoms with Crippen LogP contribution in [0, 0.1) is 0 Å². The van der Waals surface area contributed by atoms with E-state index in [0.29, 0.717) is 5.88 Å². The summed E-state index contributed by atoms with van der Waals surface area (Å²) in [4.78, 5) is 34.1. The molecule has 0 aliphatic rings. The first-order valence-corrected chi connectivity index (χ1v) is 8.77. The van der Waals surface area contributed by atoms with Crippen molar-refractivity contribution >= 4 is 74.9 Å². The Morgan fingerprint density at radius 2 is 1.81 bits per heavy atom. The van der Waals surface area contributed by atoms with E-state index in [1.54, 1.807) is 0 Å². The van der Waals surface area contributed by atoms with Gasteiger partial charge < -0.3 is 0 Å². The van der Waals surface area contributed by atoms with Crippen molar-refractivity contribution in [1.29, 1.82) is 0 Å². The first-order chi connectivity index (χ1) is 7.58. The topological polar surface area (TPSA) is 63.2 Å². The molecule has 1 N–H and O–H groups in total. The van der Waals surface area contributed by atoms with Crippen molar-refractivity contribution in [3.63, 3.8) is 0 Å². The molecule has 0 radical (unpaired) electrons. The van der Waals surface area contributed by atoms with Gasteiger partial charge in [0.25, 0.3) is 5.78 Å². The Morgan fingerprint density at radius 1 is 1.19 bits per heavy atom. The molecule has 0 saturated carbocycles. The number of nitrogens with one attached hydrogen (secondary N) is 1. The van der Waals surface area contributed by atoms with Gasteiger partial charge in [-0.05, 0) is 0 Å². The van der Waals surface area contributed by atoms with Gasteiger partial charge in [-0.15, -0.1) is 23.3 Å². The first kappa shape index (κ1) is 16.7. The lowest BCUT2D eigenvalue weighted by Gasteiger charge is -2.12. The molecule has 1 atom stereocenters. The highest BCUT2D eigenvalue weighted by atomic mass is 33.1. The molecule has 0 spiro atoms. The van der Waals surface area contributed by atoms with E-state index in [-0.39, 0.29) is 11.5 Å². The zero-order valence-electron chi connectivity index (χ0n) is 8.08. The second kappa shape index (κ2) is 9.72. The minimum absolute atomic E-state index is 0.103. The SMILES string of the molecule is O=C(CSS)C(=O)C(=O)[C@H](CS)NCSS. The molecule has 0 saturated heterocycles. The van der Waals surface area contributed by atoms with E-state index in [9.17, 15) is 14.4 Å². The summed E-state index contributed by atoms with van der Waals surface area (Å²) in [6.45, 7) is 0. The predicted molar refractivity (Wildman–Crippen MR) is 78.7 cm³/mol. The Morgan fingerprint density at radius 3 is 2.25 bits per heavy atom. The molecule has 0 aliphatic carbocycles. The Kier molecular flexibility index (Phi) is 10.2. The minimum atomic E-state index is -1.00. The molecule has 0 fully saturated rings. The van der Waals surface area contributed by atoms with Gasteiger partial charge in [0.05, 0.1) is 17.7 Å². The van der Waals surface area contributed by atoms with Crippen molar-refractivity contribution < 1.29 is 14.4 Å². The number of thiol groups is 3. The molecule has 0 aromatic heterocycles. The van der Waals surface area contributed by atoms with Gasteiger partial charge in [-0.25, -0.2) is 0 Å². The lowest BCUT2D eigenvalue weighted by molar-refractivity contribution is -0.143. The summed E-state index contributed by atoms with van der Waals surface area (Å²) in [5.74, 6) is -2.06. The highest BCUT2D eigenvalue weighted by Gasteiger charge is 2.28. The summed E-state index contributed by atoms with van der Waals surface area (Å²) in [5, 5.41) is 2.76. The van der Waals surface area contributed by atoms with Crippen molar-refractivity contribution in [3.05, 3.63) is 0 Å². The number of Topliss-reactive ketones (excluding diaryl/α,β-unsaturated/α-hetero) is 3. The van der Waals surface area contributed by atoms with Crippen LogP contribution >= 0.6 is 57.5 Å². The highest BCUT2D eigenvalue weighted by molar-refractivity contribution is 8.69. The van der Waals surface area contributed by atoms with Gasteiger partial charge in [-0.3, -0.25) is 19.7 Å². The first-order valence-electron chi connectivity index (χ1n) is 4.06. The monoisotopic (exact) mass is 317 g/mol. The Balaban J connectivity index is 4.38. The van der Waals surface area contributed by atoms with E-state index in [2.05, 4.69) is 41.3 Å². The normalized spacial score (nSPS) is 12.2. The molecule has 0 amide bonds. The van der Waals surface area contributed by atoms with Crippen LogP contribution in [0.2, 0.25) is 0 Å². The van der Waals surface area contributed by atoms with Crippen LogP contribution in [-0.4, -0.2) is 40.8 Å². The van der Waals surface area contributed by atoms with Crippen molar-refractivity contribution in [2.75, 3.05) is 17.4 Å². The maximum Gasteiger partial charge on any atom is 0.266 e. The molecule has 0 aliphatic heterocycles. The van der Waals surface area contributed by atoms with Crippen LogP contribution in [0.25, 0.3) is 0 Å². The predicted octanol–water partition coefficient (Wildman–Crippen LogP) is 0.695. The smallest absolute Gasteiger partial charge is 0.266 e. The standard InChI is InChI=1S/C7H11NO3S5/c9-5(2-15-13)7(11)6(10)4(1-12)8-3-16-14/h4,8,12-14H,1-3H2/t4-/m0/s1. The van der Waals surface area contributed by atoms with Crippen LogP contribution < -0.4 is 5.32 Å². The quantitative estimate of drug-likeness (QED) is 0.165. The highest BCUT2D eigenvalue weighted by Crippen LogP contribution is 2.06. The summed E-state index contributed by atoms with van der Waals surface area (Å²) in [6.07, 6.45) is 0. The number of hydrogen-bond donors (Lipinski definition) is 4. The molecule has 92 valence electrons. The third-order valence-electron chi connectivity index (χ3n) is 1.57. The number of carbonyl (C=O) groups is 3. The molecule has 0 heterocycles. The fraction of sp³-hybridized carbons (Fsp3) is 0.571. The van der Waals surface area contributed by atoms with E-state index >= 15 is 0 Å². The maximum atomic E-state index is 11.5. The van der Waals surface area contributed by atoms with E-state index < -0.39 is 23.4 Å². The van der Waals surface area contributed by atoms with Gasteiger partial charge in [-0.1, -0.05) is 21.6 Å². The Labute approximate surface area is 117 Å². The molecule has 9 heteroatoms. The summed E-state index contributed by atoms with van der Waals surface area (Å²) in [7, 11) is 2.09. The second-order valence-electron chi connectivity index (χ2n) is 2.60. The van der Waals surface area contributed by atoms with Gasteiger partial charge in [0.1, 0.15) is 0 Å². The minimum Gasteiger partial charge on any atom is -0.297 e. The Bertz CT molecular complexity index is 273. The molecular formula is C7H11NO3S5. The average molecular weight is 318 g/mol. The van der Waals surface area contributed by atoms with Gasteiger partial charge in [0.2, 0.25) is 11.6 Å². The number of hydrogen-bond acceptors (Lipinski definition) is 9. The van der Waals surface area contributed by atoms with Crippen molar-refractivity contribution in [2.24, 2.45) is 0 Å². The number of rotatable bonds is 9. The summed E-state index contributed by atoms with van der Waals surface area (Å²) < 4.78 is 0. The molecular weight excluding hydrogens is 306 g/mol. The molecule has 0 aromatic carbocycles. The van der Waals surface area contributed by atoms with Gasteiger partial charge in [-0.2, -0.15) is 12.6 Å². The van der Waals surface area contributed by atoms with Crippen molar-refractivity contribution in [2.45, 2.75) is 6.04 Å². The van der Waals surface area contributed by atoms with E-state index in [4.69, 9.17) is 0 Å². The lowest BCUT2D eigenvalue weighted by atomic mass is 10.1. The van der Waals surface area contributed by atoms with Crippen molar-refractivity contribution in [1.82, 2.24) is 5.32 Å². The fourth-order valence-electron chi connectivity index (χ4n) is 0.798. The maximum absolute atomic E-state index is 11.5. The van der Waals surface area contributed by atoms with Crippen molar-refractivity contribution in [3.8, 4) is 0 Å². The third kappa shape index (κ3) is 5.87. The zero-order chi connectivity index (χ0) is 12.6. The molecule has 0 bridgehead atoms. The number of carbonyl (C=O) groups excluding carboxylic acids is 3. The summed E-state index contributed by atoms with van der Waals surface area (Å²) in [5.41, 5.74) is 0. The van der Waals surface area contributed by atoms with Gasteiger partial charge >= 0.3 is 0 Å². The molecule has 0 rings (SSSR count). The van der Waals surface area contributed by atoms with Crippen LogP contribution in [0.5, 0.6) is 0 Å². The fourth-order valence-corrected chi connectivity index (χ4v) is 2.19. The summed E-state index contributed by atoms with van der Waals surface area (Å²) >= 11 is 11.6. The van der Waals surface area contributed by atoms with Crippen LogP contribution in [0.15, 0.2) is 0 Å². The van der Waals surface area contributed by atoms with Gasteiger partial charge in [0, 0.05) is 5.75 Å². The summed E-state index contributed by atoms with van der Waals surface area (Å²) in [6, 6.07) is -0.746. The molecule has 0 aromatic rings. The van der Waals surface area contributed by atoms with Crippen LogP contribution in [-0.2, 0) is 14.4 Å². The zero-order valence-corrected chi connectivity index (χ0v) is 12.4. The van der Waals surface area contributed by atoms with Crippen LogP contribution in [0.3, 0.4) is 0 Å². The molecule has 16 heavy (non-hydrogen) atoms. The third-order valence-corrected chi connectivity index (χ3v) is 3.39. The largest absolute Gasteiger partial charge is 0.297 e. The Hall–Kier alpha value is 0.720. The average Bonchev–Trinajstić information content (AvgIpc) is 2.29. The van der Waals surface area contributed by atoms with Crippen LogP contribution in [0.4, 0.5) is 0 Å². The van der Waals surface area contributed by atoms with Gasteiger partial charge in [0.15, 0.2) is 0 Å². The lowest BCUT2D eigenvalue weighted by Crippen LogP contribution is -2.44.